The van der Waals surface area contributed by atoms with Gasteiger partial charge in [0.05, 0.1) is 6.04 Å². The number of rotatable bonds is 4. The quantitative estimate of drug-likeness (QED) is 0.909. The number of benzene rings is 1. The zero-order valence-electron chi connectivity index (χ0n) is 10.2. The summed E-state index contributed by atoms with van der Waals surface area (Å²) in [6, 6.07) is 4.93. The minimum absolute atomic E-state index is 0.195. The molecule has 0 spiro atoms. The average molecular weight is 329 g/mol. The molecule has 0 amide bonds. The number of nitrogens with one attached hydrogen (secondary N) is 1. The summed E-state index contributed by atoms with van der Waals surface area (Å²) in [5, 5.41) is 6.50. The summed E-state index contributed by atoms with van der Waals surface area (Å²) in [5.74, 6) is -0.228. The summed E-state index contributed by atoms with van der Waals surface area (Å²) in [7, 11) is 0. The molecule has 0 aliphatic heterocycles. The lowest BCUT2D eigenvalue weighted by atomic mass is 10.2. The summed E-state index contributed by atoms with van der Waals surface area (Å²) < 4.78 is 13.7. The molecule has 1 heterocycles. The summed E-state index contributed by atoms with van der Waals surface area (Å²) in [4.78, 5) is 4.44. The largest absolute Gasteiger partial charge is 0.304 e. The molecule has 0 saturated carbocycles. The monoisotopic (exact) mass is 328 g/mol. The van der Waals surface area contributed by atoms with Gasteiger partial charge in [-0.2, -0.15) is 0 Å². The van der Waals surface area contributed by atoms with Crippen LogP contribution >= 0.6 is 27.3 Å². The van der Waals surface area contributed by atoms with Gasteiger partial charge in [-0.05, 0) is 31.5 Å². The Morgan fingerprint density at radius 2 is 2.28 bits per heavy atom. The average Bonchev–Trinajstić information content (AvgIpc) is 2.74. The van der Waals surface area contributed by atoms with Crippen molar-refractivity contribution >= 4 is 27.3 Å². The maximum Gasteiger partial charge on any atom is 0.124 e. The predicted molar refractivity (Wildman–Crippen MR) is 76.2 cm³/mol. The van der Waals surface area contributed by atoms with E-state index in [9.17, 15) is 4.39 Å². The second kappa shape index (κ2) is 5.91. The van der Waals surface area contributed by atoms with Crippen LogP contribution in [0, 0.1) is 12.7 Å². The van der Waals surface area contributed by atoms with E-state index in [0.717, 1.165) is 20.7 Å². The number of halogens is 2. The van der Waals surface area contributed by atoms with Crippen LogP contribution in [0.2, 0.25) is 0 Å². The maximum atomic E-state index is 13.0. The standard InChI is InChI=1S/C13H14BrFN2S/c1-8-7-18-13(17-8)9(2)16-6-10-3-4-11(15)5-12(10)14/h3-5,7,9,16H,6H2,1-2H3. The van der Waals surface area contributed by atoms with Crippen molar-refractivity contribution in [2.75, 3.05) is 0 Å². The van der Waals surface area contributed by atoms with Gasteiger partial charge in [-0.25, -0.2) is 9.37 Å². The third-order valence-electron chi connectivity index (χ3n) is 2.62. The Morgan fingerprint density at radius 3 is 2.89 bits per heavy atom. The number of aromatic nitrogens is 1. The van der Waals surface area contributed by atoms with Gasteiger partial charge in [0.25, 0.3) is 0 Å². The Kier molecular flexibility index (Phi) is 4.48. The fraction of sp³-hybridized carbons (Fsp3) is 0.308. The van der Waals surface area contributed by atoms with Gasteiger partial charge < -0.3 is 5.32 Å². The van der Waals surface area contributed by atoms with E-state index >= 15 is 0 Å². The normalized spacial score (nSPS) is 12.7. The molecule has 0 aliphatic carbocycles. The lowest BCUT2D eigenvalue weighted by Gasteiger charge is -2.12. The van der Waals surface area contributed by atoms with Crippen LogP contribution < -0.4 is 5.32 Å². The van der Waals surface area contributed by atoms with Gasteiger partial charge in [0, 0.05) is 22.1 Å². The zero-order chi connectivity index (χ0) is 13.1. The molecule has 0 aliphatic rings. The summed E-state index contributed by atoms with van der Waals surface area (Å²) in [5.41, 5.74) is 2.09. The van der Waals surface area contributed by atoms with Crippen molar-refractivity contribution in [2.45, 2.75) is 26.4 Å². The van der Waals surface area contributed by atoms with Gasteiger partial charge in [0.2, 0.25) is 0 Å². The van der Waals surface area contributed by atoms with Crippen molar-refractivity contribution in [1.29, 1.82) is 0 Å². The van der Waals surface area contributed by atoms with E-state index in [0.29, 0.717) is 6.54 Å². The maximum absolute atomic E-state index is 13.0. The van der Waals surface area contributed by atoms with Crippen molar-refractivity contribution in [2.24, 2.45) is 0 Å². The molecule has 1 aromatic heterocycles. The van der Waals surface area contributed by atoms with E-state index in [1.54, 1.807) is 17.4 Å². The van der Waals surface area contributed by atoms with Crippen LogP contribution in [0.1, 0.15) is 29.2 Å². The van der Waals surface area contributed by atoms with Crippen molar-refractivity contribution in [3.8, 4) is 0 Å². The lowest BCUT2D eigenvalue weighted by Crippen LogP contribution is -2.18. The first-order valence-corrected chi connectivity index (χ1v) is 7.33. The molecular formula is C13H14BrFN2S. The van der Waals surface area contributed by atoms with E-state index in [1.807, 2.05) is 12.3 Å². The van der Waals surface area contributed by atoms with E-state index < -0.39 is 0 Å². The van der Waals surface area contributed by atoms with E-state index in [-0.39, 0.29) is 11.9 Å². The van der Waals surface area contributed by atoms with Crippen LogP contribution in [-0.4, -0.2) is 4.98 Å². The third kappa shape index (κ3) is 3.37. The van der Waals surface area contributed by atoms with E-state index in [2.05, 4.69) is 33.2 Å². The first kappa shape index (κ1) is 13.6. The van der Waals surface area contributed by atoms with Crippen LogP contribution in [-0.2, 0) is 6.54 Å². The molecule has 0 fully saturated rings. The molecule has 18 heavy (non-hydrogen) atoms. The summed E-state index contributed by atoms with van der Waals surface area (Å²) in [6.45, 7) is 4.75. The smallest absolute Gasteiger partial charge is 0.124 e. The van der Waals surface area contributed by atoms with Gasteiger partial charge in [-0.3, -0.25) is 0 Å². The molecular weight excluding hydrogens is 315 g/mol. The minimum atomic E-state index is -0.228. The molecule has 2 rings (SSSR count). The second-order valence-electron chi connectivity index (χ2n) is 4.17. The Balaban J connectivity index is 1.99. The van der Waals surface area contributed by atoms with Gasteiger partial charge in [0.1, 0.15) is 10.8 Å². The Bertz CT molecular complexity index is 542. The van der Waals surface area contributed by atoms with Gasteiger partial charge in [-0.1, -0.05) is 22.0 Å². The van der Waals surface area contributed by atoms with Crippen LogP contribution in [0.3, 0.4) is 0 Å². The Hall–Kier alpha value is -0.780. The molecule has 1 atom stereocenters. The number of aryl methyl sites for hydroxylation is 1. The van der Waals surface area contributed by atoms with E-state index in [4.69, 9.17) is 0 Å². The first-order chi connectivity index (χ1) is 8.56. The van der Waals surface area contributed by atoms with Crippen LogP contribution in [0.15, 0.2) is 28.1 Å². The lowest BCUT2D eigenvalue weighted by molar-refractivity contribution is 0.568. The Morgan fingerprint density at radius 1 is 1.50 bits per heavy atom. The minimum Gasteiger partial charge on any atom is -0.304 e. The Labute approximate surface area is 118 Å². The van der Waals surface area contributed by atoms with Crippen LogP contribution in [0.4, 0.5) is 4.39 Å². The highest BCUT2D eigenvalue weighted by molar-refractivity contribution is 9.10. The van der Waals surface area contributed by atoms with Crippen molar-refractivity contribution < 1.29 is 4.39 Å². The SMILES string of the molecule is Cc1csc(C(C)NCc2ccc(F)cc2Br)n1. The topological polar surface area (TPSA) is 24.9 Å². The van der Waals surface area contributed by atoms with Gasteiger partial charge in [-0.15, -0.1) is 11.3 Å². The second-order valence-corrected chi connectivity index (χ2v) is 5.91. The molecule has 96 valence electrons. The first-order valence-electron chi connectivity index (χ1n) is 5.65. The fourth-order valence-corrected chi connectivity index (χ4v) is 2.91. The molecule has 2 aromatic rings. The predicted octanol–water partition coefficient (Wildman–Crippen LogP) is 4.20. The van der Waals surface area contributed by atoms with Crippen molar-refractivity contribution in [3.05, 3.63) is 50.1 Å². The van der Waals surface area contributed by atoms with Crippen LogP contribution in [0.5, 0.6) is 0 Å². The molecule has 0 bridgehead atoms. The van der Waals surface area contributed by atoms with E-state index in [1.165, 1.54) is 12.1 Å². The molecule has 1 N–H and O–H groups in total. The number of hydrogen-bond donors (Lipinski definition) is 1. The van der Waals surface area contributed by atoms with Crippen molar-refractivity contribution in [1.82, 2.24) is 10.3 Å². The molecule has 1 unspecified atom stereocenters. The number of nitrogens with zero attached hydrogens (tertiary/aromatic N) is 1. The van der Waals surface area contributed by atoms with Crippen LogP contribution in [0.25, 0.3) is 0 Å². The third-order valence-corrected chi connectivity index (χ3v) is 4.50. The highest BCUT2D eigenvalue weighted by atomic mass is 79.9. The summed E-state index contributed by atoms with van der Waals surface area (Å²) >= 11 is 5.02. The summed E-state index contributed by atoms with van der Waals surface area (Å²) in [6.07, 6.45) is 0. The highest BCUT2D eigenvalue weighted by Gasteiger charge is 2.09. The number of thiazole rings is 1. The molecule has 0 saturated heterocycles. The number of hydrogen-bond acceptors (Lipinski definition) is 3. The van der Waals surface area contributed by atoms with Gasteiger partial charge >= 0.3 is 0 Å². The fourth-order valence-electron chi connectivity index (χ4n) is 1.59. The molecule has 1 aromatic carbocycles. The highest BCUT2D eigenvalue weighted by Crippen LogP contribution is 2.21. The zero-order valence-corrected chi connectivity index (χ0v) is 12.6. The molecule has 0 radical (unpaired) electrons. The van der Waals surface area contributed by atoms with Crippen molar-refractivity contribution in [3.63, 3.8) is 0 Å². The van der Waals surface area contributed by atoms with Gasteiger partial charge in [0.15, 0.2) is 0 Å². The molecule has 2 nitrogen and oxygen atoms in total. The molecule has 5 heteroatoms.